The molecule has 0 atom stereocenters. The fourth-order valence-corrected chi connectivity index (χ4v) is 3.08. The summed E-state index contributed by atoms with van der Waals surface area (Å²) in [6, 6.07) is 7.70. The summed E-state index contributed by atoms with van der Waals surface area (Å²) < 4.78 is 7.00. The topological polar surface area (TPSA) is 81.3 Å². The number of aromatic nitrogens is 6. The molecule has 1 saturated heterocycles. The van der Waals surface area contributed by atoms with E-state index in [1.54, 1.807) is 17.7 Å². The smallest absolute Gasteiger partial charge is 0.231 e. The summed E-state index contributed by atoms with van der Waals surface area (Å²) in [5.74, 6) is 2.73. The summed E-state index contributed by atoms with van der Waals surface area (Å²) in [4.78, 5) is 2.26. The van der Waals surface area contributed by atoms with Crippen molar-refractivity contribution >= 4 is 11.5 Å². The number of fused-ring (bicyclic) bond motifs is 1. The van der Waals surface area contributed by atoms with Gasteiger partial charge in [-0.1, -0.05) is 0 Å². The number of hydrogen-bond donors (Lipinski definition) is 0. The first-order chi connectivity index (χ1) is 11.7. The number of methoxy groups -OCH3 is 1. The minimum Gasteiger partial charge on any atom is -0.480 e. The van der Waals surface area contributed by atoms with Crippen molar-refractivity contribution in [3.8, 4) is 5.88 Å². The highest BCUT2D eigenvalue weighted by Crippen LogP contribution is 2.29. The lowest BCUT2D eigenvalue weighted by atomic mass is 9.96. The molecule has 0 bridgehead atoms. The summed E-state index contributed by atoms with van der Waals surface area (Å²) >= 11 is 0. The van der Waals surface area contributed by atoms with Crippen molar-refractivity contribution in [2.24, 2.45) is 0 Å². The minimum atomic E-state index is 0.328. The van der Waals surface area contributed by atoms with Gasteiger partial charge < -0.3 is 9.64 Å². The predicted molar refractivity (Wildman–Crippen MR) is 88.3 cm³/mol. The van der Waals surface area contributed by atoms with Gasteiger partial charge in [0.15, 0.2) is 17.3 Å². The van der Waals surface area contributed by atoms with Crippen LogP contribution < -0.4 is 9.64 Å². The van der Waals surface area contributed by atoms with E-state index in [1.165, 1.54) is 0 Å². The first kappa shape index (κ1) is 14.8. The molecule has 1 fully saturated rings. The van der Waals surface area contributed by atoms with E-state index < -0.39 is 0 Å². The molecule has 8 nitrogen and oxygen atoms in total. The van der Waals surface area contributed by atoms with Crippen molar-refractivity contribution in [2.75, 3.05) is 25.1 Å². The number of hydrogen-bond acceptors (Lipinski definition) is 7. The lowest BCUT2D eigenvalue weighted by Gasteiger charge is -2.31. The molecule has 1 aliphatic heterocycles. The Bertz CT molecular complexity index is 837. The minimum absolute atomic E-state index is 0.328. The lowest BCUT2D eigenvalue weighted by Crippen LogP contribution is -2.34. The average Bonchev–Trinajstić information content (AvgIpc) is 3.05. The average molecular weight is 325 g/mol. The number of piperidine rings is 1. The maximum atomic E-state index is 5.21. The Morgan fingerprint density at radius 2 is 1.83 bits per heavy atom. The van der Waals surface area contributed by atoms with E-state index in [0.29, 0.717) is 11.8 Å². The SMILES string of the molecule is COc1ccc2nnc(C3CCN(c4ccc(C)nn4)CC3)n2n1. The Labute approximate surface area is 139 Å². The molecule has 0 aliphatic carbocycles. The van der Waals surface area contributed by atoms with Crippen LogP contribution in [0.5, 0.6) is 5.88 Å². The lowest BCUT2D eigenvalue weighted by molar-refractivity contribution is 0.386. The van der Waals surface area contributed by atoms with Gasteiger partial charge in [0, 0.05) is 25.1 Å². The van der Waals surface area contributed by atoms with Crippen LogP contribution in [0.1, 0.15) is 30.3 Å². The van der Waals surface area contributed by atoms with Gasteiger partial charge in [0.1, 0.15) is 0 Å². The van der Waals surface area contributed by atoms with E-state index in [9.17, 15) is 0 Å². The van der Waals surface area contributed by atoms with E-state index in [2.05, 4.69) is 30.4 Å². The Hall–Kier alpha value is -2.77. The molecule has 124 valence electrons. The second-order valence-electron chi connectivity index (χ2n) is 6.00. The molecule has 0 N–H and O–H groups in total. The van der Waals surface area contributed by atoms with Crippen LogP contribution >= 0.6 is 0 Å². The molecule has 0 saturated carbocycles. The molecule has 3 aromatic heterocycles. The summed E-state index contributed by atoms with van der Waals surface area (Å²) in [5.41, 5.74) is 1.68. The highest BCUT2D eigenvalue weighted by atomic mass is 16.5. The van der Waals surface area contributed by atoms with Crippen LogP contribution in [0, 0.1) is 6.92 Å². The van der Waals surface area contributed by atoms with E-state index in [4.69, 9.17) is 4.74 Å². The quantitative estimate of drug-likeness (QED) is 0.723. The number of rotatable bonds is 3. The first-order valence-electron chi connectivity index (χ1n) is 8.06. The molecule has 0 aromatic carbocycles. The highest BCUT2D eigenvalue weighted by Gasteiger charge is 2.26. The van der Waals surface area contributed by atoms with E-state index in [-0.39, 0.29) is 0 Å². The normalized spacial score (nSPS) is 15.8. The molecule has 0 unspecified atom stereocenters. The highest BCUT2D eigenvalue weighted by molar-refractivity contribution is 5.40. The summed E-state index contributed by atoms with van der Waals surface area (Å²) in [7, 11) is 1.61. The van der Waals surface area contributed by atoms with Gasteiger partial charge in [0.25, 0.3) is 0 Å². The molecule has 4 rings (SSSR count). The molecular weight excluding hydrogens is 306 g/mol. The molecule has 4 heterocycles. The maximum Gasteiger partial charge on any atom is 0.231 e. The van der Waals surface area contributed by atoms with Gasteiger partial charge in [-0.05, 0) is 38.0 Å². The molecular formula is C16H19N7O. The maximum absolute atomic E-state index is 5.21. The van der Waals surface area contributed by atoms with E-state index in [1.807, 2.05) is 25.1 Å². The van der Waals surface area contributed by atoms with Gasteiger partial charge in [0.2, 0.25) is 5.88 Å². The van der Waals surface area contributed by atoms with E-state index >= 15 is 0 Å². The molecule has 0 radical (unpaired) electrons. The Balaban J connectivity index is 1.52. The third-order valence-electron chi connectivity index (χ3n) is 4.44. The van der Waals surface area contributed by atoms with Crippen LogP contribution in [0.4, 0.5) is 5.82 Å². The van der Waals surface area contributed by atoms with Gasteiger partial charge in [-0.15, -0.1) is 20.4 Å². The Morgan fingerprint density at radius 1 is 1.00 bits per heavy atom. The number of nitrogens with zero attached hydrogens (tertiary/aromatic N) is 7. The van der Waals surface area contributed by atoms with Crippen LogP contribution in [0.2, 0.25) is 0 Å². The zero-order chi connectivity index (χ0) is 16.5. The van der Waals surface area contributed by atoms with Crippen molar-refractivity contribution in [1.29, 1.82) is 0 Å². The molecule has 1 aliphatic rings. The molecule has 3 aromatic rings. The van der Waals surface area contributed by atoms with Gasteiger partial charge >= 0.3 is 0 Å². The van der Waals surface area contributed by atoms with Crippen LogP contribution in [0.3, 0.4) is 0 Å². The zero-order valence-electron chi connectivity index (χ0n) is 13.8. The van der Waals surface area contributed by atoms with Gasteiger partial charge in [-0.3, -0.25) is 0 Å². The third-order valence-corrected chi connectivity index (χ3v) is 4.44. The largest absolute Gasteiger partial charge is 0.480 e. The number of ether oxygens (including phenoxy) is 1. The number of aryl methyl sites for hydroxylation is 1. The second kappa shape index (κ2) is 6.03. The summed E-state index contributed by atoms with van der Waals surface area (Å²) in [6.45, 7) is 3.78. The third kappa shape index (κ3) is 2.64. The Morgan fingerprint density at radius 3 is 2.54 bits per heavy atom. The first-order valence-corrected chi connectivity index (χ1v) is 8.06. The summed E-state index contributed by atoms with van der Waals surface area (Å²) in [6.07, 6.45) is 1.96. The van der Waals surface area contributed by atoms with E-state index in [0.717, 1.165) is 48.9 Å². The standard InChI is InChI=1S/C16H19N7O/c1-11-3-4-13(18-17-11)22-9-7-12(8-10-22)16-20-19-14-5-6-15(24-2)21-23(14)16/h3-6,12H,7-10H2,1-2H3. The van der Waals surface area contributed by atoms with Gasteiger partial charge in [-0.2, -0.15) is 9.61 Å². The summed E-state index contributed by atoms with van der Waals surface area (Å²) in [5, 5.41) is 21.4. The van der Waals surface area contributed by atoms with Crippen LogP contribution in [0.15, 0.2) is 24.3 Å². The van der Waals surface area contributed by atoms with Crippen molar-refractivity contribution in [3.05, 3.63) is 35.8 Å². The van der Waals surface area contributed by atoms with Gasteiger partial charge in [0.05, 0.1) is 12.8 Å². The monoisotopic (exact) mass is 325 g/mol. The van der Waals surface area contributed by atoms with Crippen LogP contribution in [-0.2, 0) is 0 Å². The van der Waals surface area contributed by atoms with Crippen LogP contribution in [-0.4, -0.2) is 50.2 Å². The molecule has 8 heteroatoms. The molecule has 0 amide bonds. The molecule has 24 heavy (non-hydrogen) atoms. The Kier molecular flexibility index (Phi) is 3.72. The van der Waals surface area contributed by atoms with Crippen molar-refractivity contribution in [2.45, 2.75) is 25.7 Å². The fraction of sp³-hybridized carbons (Fsp3) is 0.438. The van der Waals surface area contributed by atoms with Crippen LogP contribution in [0.25, 0.3) is 5.65 Å². The van der Waals surface area contributed by atoms with Crippen molar-refractivity contribution in [3.63, 3.8) is 0 Å². The zero-order valence-corrected chi connectivity index (χ0v) is 13.8. The molecule has 0 spiro atoms. The van der Waals surface area contributed by atoms with Gasteiger partial charge in [-0.25, -0.2) is 0 Å². The number of anilines is 1. The second-order valence-corrected chi connectivity index (χ2v) is 6.00. The van der Waals surface area contributed by atoms with Crippen molar-refractivity contribution < 1.29 is 4.74 Å². The fourth-order valence-electron chi connectivity index (χ4n) is 3.08. The predicted octanol–water partition coefficient (Wildman–Crippen LogP) is 1.62. The van der Waals surface area contributed by atoms with Crippen molar-refractivity contribution in [1.82, 2.24) is 30.0 Å².